The number of benzene rings is 1. The zero-order valence-electron chi connectivity index (χ0n) is 18.7. The number of carbonyl (C=O) groups is 1. The summed E-state index contributed by atoms with van der Waals surface area (Å²) in [5, 5.41) is 7.61. The first-order chi connectivity index (χ1) is 15.6. The number of hydrogen-bond donors (Lipinski definition) is 3. The fraction of sp³-hybridized carbons (Fsp3) is 0.385. The largest absolute Gasteiger partial charge is 0.367 e. The van der Waals surface area contributed by atoms with E-state index in [1.807, 2.05) is 54.4 Å². The van der Waals surface area contributed by atoms with Crippen molar-refractivity contribution in [2.45, 2.75) is 50.8 Å². The van der Waals surface area contributed by atoms with Gasteiger partial charge >= 0.3 is 0 Å². The summed E-state index contributed by atoms with van der Waals surface area (Å²) in [6.07, 6.45) is 5.76. The quantitative estimate of drug-likeness (QED) is 0.380. The third kappa shape index (κ3) is 4.70. The Labute approximate surface area is 193 Å². The number of rotatable bonds is 8. The molecule has 2 aromatic heterocycles. The number of nitrogens with zero attached hydrogens (tertiary/aromatic N) is 1. The molecule has 1 unspecified atom stereocenters. The minimum Gasteiger partial charge on any atom is -0.367 e. The van der Waals surface area contributed by atoms with E-state index < -0.39 is 0 Å². The second-order valence-electron chi connectivity index (χ2n) is 9.15. The SMILES string of the molecule is CC(C)SCC1CC(=O)c2c([nH]c(-c3ccnc(NC4CC4)c3)c2Nc2ccccc2)C1. The summed E-state index contributed by atoms with van der Waals surface area (Å²) in [5.41, 5.74) is 5.74. The molecule has 6 heteroatoms. The highest BCUT2D eigenvalue weighted by Crippen LogP contribution is 2.41. The fourth-order valence-electron chi connectivity index (χ4n) is 4.29. The van der Waals surface area contributed by atoms with Gasteiger partial charge in [0.25, 0.3) is 0 Å². The molecule has 32 heavy (non-hydrogen) atoms. The van der Waals surface area contributed by atoms with Gasteiger partial charge in [-0.3, -0.25) is 4.79 Å². The van der Waals surface area contributed by atoms with Crippen LogP contribution in [-0.4, -0.2) is 32.8 Å². The van der Waals surface area contributed by atoms with Crippen LogP contribution in [0.25, 0.3) is 11.3 Å². The lowest BCUT2D eigenvalue weighted by atomic mass is 9.87. The topological polar surface area (TPSA) is 69.8 Å². The smallest absolute Gasteiger partial charge is 0.167 e. The van der Waals surface area contributed by atoms with Gasteiger partial charge in [0.15, 0.2) is 5.78 Å². The molecule has 0 radical (unpaired) electrons. The molecule has 5 nitrogen and oxygen atoms in total. The maximum absolute atomic E-state index is 13.3. The van der Waals surface area contributed by atoms with E-state index in [-0.39, 0.29) is 5.78 Å². The number of fused-ring (bicyclic) bond motifs is 1. The van der Waals surface area contributed by atoms with Crippen LogP contribution in [0.5, 0.6) is 0 Å². The Morgan fingerprint density at radius 1 is 1.16 bits per heavy atom. The van der Waals surface area contributed by atoms with E-state index in [1.165, 1.54) is 12.8 Å². The number of hydrogen-bond acceptors (Lipinski definition) is 5. The summed E-state index contributed by atoms with van der Waals surface area (Å²) >= 11 is 1.94. The summed E-state index contributed by atoms with van der Waals surface area (Å²) in [5.74, 6) is 2.51. The first-order valence-electron chi connectivity index (χ1n) is 11.5. The Morgan fingerprint density at radius 2 is 1.97 bits per heavy atom. The Morgan fingerprint density at radius 3 is 2.72 bits per heavy atom. The predicted octanol–water partition coefficient (Wildman–Crippen LogP) is 6.28. The third-order valence-corrected chi connectivity index (χ3v) is 7.34. The van der Waals surface area contributed by atoms with Gasteiger partial charge in [-0.15, -0.1) is 0 Å². The van der Waals surface area contributed by atoms with E-state index >= 15 is 0 Å². The number of ketones is 1. The van der Waals surface area contributed by atoms with Crippen LogP contribution in [0.15, 0.2) is 48.7 Å². The van der Waals surface area contributed by atoms with Gasteiger partial charge in [-0.25, -0.2) is 4.98 Å². The molecule has 0 amide bonds. The number of para-hydroxylation sites is 1. The molecule has 3 aromatic rings. The molecule has 0 bridgehead atoms. The van der Waals surface area contributed by atoms with Crippen molar-refractivity contribution in [2.75, 3.05) is 16.4 Å². The first kappa shape index (κ1) is 21.1. The van der Waals surface area contributed by atoms with Crippen LogP contribution in [0.1, 0.15) is 49.2 Å². The molecule has 1 fully saturated rings. The maximum Gasteiger partial charge on any atom is 0.167 e. The van der Waals surface area contributed by atoms with Crippen molar-refractivity contribution in [2.24, 2.45) is 5.92 Å². The Kier molecular flexibility index (Phi) is 5.96. The van der Waals surface area contributed by atoms with Crippen LogP contribution >= 0.6 is 11.8 Å². The molecular weight excluding hydrogens is 416 g/mol. The van der Waals surface area contributed by atoms with Crippen LogP contribution in [0.4, 0.5) is 17.2 Å². The third-order valence-electron chi connectivity index (χ3n) is 6.01. The molecular formula is C26H30N4OS. The average Bonchev–Trinajstić information content (AvgIpc) is 3.52. The number of anilines is 3. The molecule has 1 atom stereocenters. The lowest BCUT2D eigenvalue weighted by Gasteiger charge is -2.22. The van der Waals surface area contributed by atoms with Crippen molar-refractivity contribution < 1.29 is 4.79 Å². The zero-order valence-corrected chi connectivity index (χ0v) is 19.5. The zero-order chi connectivity index (χ0) is 22.1. The van der Waals surface area contributed by atoms with Gasteiger partial charge in [-0.05, 0) is 60.4 Å². The second-order valence-corrected chi connectivity index (χ2v) is 10.8. The highest BCUT2D eigenvalue weighted by atomic mass is 32.2. The first-order valence-corrected chi connectivity index (χ1v) is 12.6. The predicted molar refractivity (Wildman–Crippen MR) is 134 cm³/mol. The fourth-order valence-corrected chi connectivity index (χ4v) is 5.19. The van der Waals surface area contributed by atoms with Crippen LogP contribution in [0.2, 0.25) is 0 Å². The maximum atomic E-state index is 13.3. The molecule has 1 aromatic carbocycles. The van der Waals surface area contributed by atoms with Crippen molar-refractivity contribution >= 4 is 34.7 Å². The van der Waals surface area contributed by atoms with Crippen LogP contribution < -0.4 is 10.6 Å². The van der Waals surface area contributed by atoms with Gasteiger partial charge in [-0.1, -0.05) is 32.0 Å². The number of aromatic amines is 1. The summed E-state index contributed by atoms with van der Waals surface area (Å²) in [4.78, 5) is 21.5. The lowest BCUT2D eigenvalue weighted by molar-refractivity contribution is 0.0955. The molecule has 5 rings (SSSR count). The summed E-state index contributed by atoms with van der Waals surface area (Å²) < 4.78 is 0. The highest BCUT2D eigenvalue weighted by Gasteiger charge is 2.32. The normalized spacial score (nSPS) is 18.0. The average molecular weight is 447 g/mol. The number of thioether (sulfide) groups is 1. The standard InChI is InChI=1S/C26H30N4OS/c1-16(2)32-15-17-12-21-24(22(31)13-17)26(29-19-6-4-3-5-7-19)25(30-21)18-10-11-27-23(14-18)28-20-8-9-20/h3-7,10-11,14,16-17,20,29-30H,8-9,12-13,15H2,1-2H3,(H,27,28). The van der Waals surface area contributed by atoms with Gasteiger partial charge in [0, 0.05) is 35.6 Å². The summed E-state index contributed by atoms with van der Waals surface area (Å²) in [6.45, 7) is 4.43. The Hall–Kier alpha value is -2.73. The molecule has 3 N–H and O–H groups in total. The second kappa shape index (κ2) is 9.02. The number of nitrogens with one attached hydrogen (secondary N) is 3. The monoisotopic (exact) mass is 446 g/mol. The molecule has 0 aliphatic heterocycles. The van der Waals surface area contributed by atoms with E-state index in [0.29, 0.717) is 23.6 Å². The summed E-state index contributed by atoms with van der Waals surface area (Å²) in [6, 6.07) is 14.7. The van der Waals surface area contributed by atoms with Crippen molar-refractivity contribution in [3.8, 4) is 11.3 Å². The van der Waals surface area contributed by atoms with Crippen LogP contribution in [0.3, 0.4) is 0 Å². The minimum absolute atomic E-state index is 0.229. The van der Waals surface area contributed by atoms with E-state index in [2.05, 4.69) is 40.5 Å². The number of aromatic nitrogens is 2. The number of H-pyrrole nitrogens is 1. The molecule has 0 spiro atoms. The molecule has 2 aliphatic carbocycles. The lowest BCUT2D eigenvalue weighted by Crippen LogP contribution is -2.22. The van der Waals surface area contributed by atoms with Crippen LogP contribution in [0, 0.1) is 5.92 Å². The van der Waals surface area contributed by atoms with E-state index in [4.69, 9.17) is 0 Å². The molecule has 166 valence electrons. The van der Waals surface area contributed by atoms with Crippen molar-refractivity contribution in [3.05, 3.63) is 59.9 Å². The van der Waals surface area contributed by atoms with Gasteiger partial charge in [0.2, 0.25) is 0 Å². The van der Waals surface area contributed by atoms with Crippen molar-refractivity contribution in [1.29, 1.82) is 0 Å². The minimum atomic E-state index is 0.229. The van der Waals surface area contributed by atoms with Gasteiger partial charge in [0.1, 0.15) is 5.82 Å². The van der Waals surface area contributed by atoms with E-state index in [1.54, 1.807) is 0 Å². The van der Waals surface area contributed by atoms with Gasteiger partial charge in [-0.2, -0.15) is 11.8 Å². The number of Topliss-reactive ketones (excluding diaryl/α,β-unsaturated/α-hetero) is 1. The van der Waals surface area contributed by atoms with E-state index in [9.17, 15) is 4.79 Å². The molecule has 0 saturated heterocycles. The Balaban J connectivity index is 1.52. The van der Waals surface area contributed by atoms with Gasteiger partial charge in [0.05, 0.1) is 16.9 Å². The van der Waals surface area contributed by atoms with Crippen LogP contribution in [-0.2, 0) is 6.42 Å². The number of pyridine rings is 1. The van der Waals surface area contributed by atoms with Crippen molar-refractivity contribution in [3.63, 3.8) is 0 Å². The van der Waals surface area contributed by atoms with Gasteiger partial charge < -0.3 is 15.6 Å². The number of carbonyl (C=O) groups excluding carboxylic acids is 1. The summed E-state index contributed by atoms with van der Waals surface area (Å²) in [7, 11) is 0. The van der Waals surface area contributed by atoms with Crippen molar-refractivity contribution in [1.82, 2.24) is 9.97 Å². The van der Waals surface area contributed by atoms with E-state index in [0.717, 1.165) is 51.9 Å². The highest BCUT2D eigenvalue weighted by molar-refractivity contribution is 7.99. The molecule has 2 heterocycles. The Bertz CT molecular complexity index is 1100. The molecule has 1 saturated carbocycles. The molecule has 2 aliphatic rings.